The Balaban J connectivity index is 1.97. The van der Waals surface area contributed by atoms with Crippen molar-refractivity contribution in [3.05, 3.63) is 41.0 Å². The van der Waals surface area contributed by atoms with Gasteiger partial charge in [0.15, 0.2) is 0 Å². The van der Waals surface area contributed by atoms with Gasteiger partial charge in [-0.3, -0.25) is 0 Å². The lowest BCUT2D eigenvalue weighted by Gasteiger charge is -2.36. The van der Waals surface area contributed by atoms with Crippen molar-refractivity contribution < 1.29 is 0 Å². The second-order valence-electron chi connectivity index (χ2n) is 6.37. The molecule has 2 atom stereocenters. The molecule has 0 heterocycles. The zero-order chi connectivity index (χ0) is 13.2. The van der Waals surface area contributed by atoms with Crippen molar-refractivity contribution in [1.29, 1.82) is 0 Å². The van der Waals surface area contributed by atoms with Gasteiger partial charge in [0.1, 0.15) is 0 Å². The molecule has 0 bridgehead atoms. The third-order valence-electron chi connectivity index (χ3n) is 5.19. The summed E-state index contributed by atoms with van der Waals surface area (Å²) >= 11 is 0. The van der Waals surface area contributed by atoms with Crippen molar-refractivity contribution in [2.45, 2.75) is 58.8 Å². The van der Waals surface area contributed by atoms with E-state index in [0.717, 1.165) is 11.8 Å². The highest BCUT2D eigenvalue weighted by Gasteiger charge is 2.30. The molecule has 2 aliphatic carbocycles. The van der Waals surface area contributed by atoms with Gasteiger partial charge in [0.25, 0.3) is 0 Å². The molecule has 0 nitrogen and oxygen atoms in total. The van der Waals surface area contributed by atoms with E-state index in [1.807, 2.05) is 5.57 Å². The van der Waals surface area contributed by atoms with Crippen LogP contribution in [0.3, 0.4) is 0 Å². The van der Waals surface area contributed by atoms with E-state index in [1.54, 1.807) is 16.7 Å². The normalized spacial score (nSPS) is 26.0. The predicted molar refractivity (Wildman–Crippen MR) is 83.1 cm³/mol. The zero-order valence-corrected chi connectivity index (χ0v) is 12.4. The van der Waals surface area contributed by atoms with E-state index in [2.05, 4.69) is 38.1 Å². The first kappa shape index (κ1) is 13.0. The number of allylic oxidation sites excluding steroid dienone is 2. The largest absolute Gasteiger partial charge is 0.0654 e. The van der Waals surface area contributed by atoms with Crippen LogP contribution in [0.25, 0.3) is 5.57 Å². The van der Waals surface area contributed by atoms with Gasteiger partial charge in [0.05, 0.1) is 0 Å². The van der Waals surface area contributed by atoms with Gasteiger partial charge in [-0.1, -0.05) is 56.5 Å². The second kappa shape index (κ2) is 5.53. The van der Waals surface area contributed by atoms with Crippen molar-refractivity contribution >= 4 is 5.57 Å². The minimum absolute atomic E-state index is 0.824. The Bertz CT molecular complexity index is 481. The van der Waals surface area contributed by atoms with E-state index in [1.165, 1.54) is 44.9 Å². The van der Waals surface area contributed by atoms with Crippen LogP contribution < -0.4 is 0 Å². The second-order valence-corrected chi connectivity index (χ2v) is 6.37. The first-order valence-electron chi connectivity index (χ1n) is 8.13. The fourth-order valence-electron chi connectivity index (χ4n) is 4.19. The van der Waals surface area contributed by atoms with Crippen LogP contribution in [0, 0.1) is 11.8 Å². The Kier molecular flexibility index (Phi) is 3.77. The summed E-state index contributed by atoms with van der Waals surface area (Å²) in [7, 11) is 0. The maximum Gasteiger partial charge on any atom is -0.0159 e. The van der Waals surface area contributed by atoms with E-state index in [-0.39, 0.29) is 0 Å². The molecule has 2 aliphatic rings. The molecule has 0 N–H and O–H groups in total. The Morgan fingerprint density at radius 3 is 2.74 bits per heavy atom. The molecule has 0 radical (unpaired) electrons. The van der Waals surface area contributed by atoms with Crippen LogP contribution in [0.2, 0.25) is 0 Å². The summed E-state index contributed by atoms with van der Waals surface area (Å²) in [5.41, 5.74) is 6.73. The molecule has 0 aromatic heterocycles. The van der Waals surface area contributed by atoms with Crippen LogP contribution in [0.1, 0.15) is 63.5 Å². The van der Waals surface area contributed by atoms with Crippen molar-refractivity contribution in [3.8, 4) is 0 Å². The van der Waals surface area contributed by atoms with Gasteiger partial charge in [-0.05, 0) is 60.6 Å². The topological polar surface area (TPSA) is 0 Å². The average Bonchev–Trinajstić information content (AvgIpc) is 2.46. The van der Waals surface area contributed by atoms with Crippen LogP contribution >= 0.6 is 0 Å². The van der Waals surface area contributed by atoms with E-state index in [4.69, 9.17) is 0 Å². The highest BCUT2D eigenvalue weighted by molar-refractivity contribution is 5.74. The first-order valence-corrected chi connectivity index (χ1v) is 8.13. The van der Waals surface area contributed by atoms with Gasteiger partial charge in [0.2, 0.25) is 0 Å². The van der Waals surface area contributed by atoms with Crippen molar-refractivity contribution in [3.63, 3.8) is 0 Å². The summed E-state index contributed by atoms with van der Waals surface area (Å²) in [5, 5.41) is 0. The minimum atomic E-state index is 0.824. The molecular weight excluding hydrogens is 228 g/mol. The Morgan fingerprint density at radius 1 is 1.11 bits per heavy atom. The number of hydrogen-bond donors (Lipinski definition) is 0. The van der Waals surface area contributed by atoms with Gasteiger partial charge in [-0.25, -0.2) is 0 Å². The monoisotopic (exact) mass is 254 g/mol. The molecule has 0 fully saturated rings. The minimum Gasteiger partial charge on any atom is -0.0654 e. The molecule has 0 saturated heterocycles. The fourth-order valence-corrected chi connectivity index (χ4v) is 4.19. The van der Waals surface area contributed by atoms with Gasteiger partial charge in [0, 0.05) is 0 Å². The lowest BCUT2D eigenvalue weighted by atomic mass is 9.69. The summed E-state index contributed by atoms with van der Waals surface area (Å²) in [6.45, 7) is 4.70. The molecule has 0 amide bonds. The summed E-state index contributed by atoms with van der Waals surface area (Å²) in [6, 6.07) is 9.13. The molecule has 0 spiro atoms. The van der Waals surface area contributed by atoms with Crippen molar-refractivity contribution in [2.24, 2.45) is 11.8 Å². The molecule has 102 valence electrons. The first-order chi connectivity index (χ1) is 9.33. The summed E-state index contributed by atoms with van der Waals surface area (Å²) < 4.78 is 0. The zero-order valence-electron chi connectivity index (χ0n) is 12.4. The van der Waals surface area contributed by atoms with E-state index in [0.29, 0.717) is 0 Å². The molecule has 1 aromatic rings. The van der Waals surface area contributed by atoms with E-state index in [9.17, 15) is 0 Å². The summed E-state index contributed by atoms with van der Waals surface area (Å²) in [6.07, 6.45) is 9.49. The molecule has 0 saturated carbocycles. The quantitative estimate of drug-likeness (QED) is 0.656. The van der Waals surface area contributed by atoms with Crippen LogP contribution in [0.5, 0.6) is 0 Å². The van der Waals surface area contributed by atoms with Crippen LogP contribution in [0.15, 0.2) is 29.8 Å². The third kappa shape index (κ3) is 2.38. The van der Waals surface area contributed by atoms with Gasteiger partial charge >= 0.3 is 0 Å². The standard InChI is InChI=1S/C19H26/c1-3-7-14-10-11-18-17-9-6-5-8-16(17)13-15(4-2)19(18)12-14/h5-6,8-9,14-15H,3-4,7,10-13H2,1-2H3. The fraction of sp³-hybridized carbons (Fsp3) is 0.579. The molecule has 0 aliphatic heterocycles. The predicted octanol–water partition coefficient (Wildman–Crippen LogP) is 5.62. The summed E-state index contributed by atoms with van der Waals surface area (Å²) in [5.74, 6) is 1.78. The summed E-state index contributed by atoms with van der Waals surface area (Å²) in [4.78, 5) is 0. The molecular formula is C19H26. The number of fused-ring (bicyclic) bond motifs is 2. The molecule has 19 heavy (non-hydrogen) atoms. The van der Waals surface area contributed by atoms with Crippen LogP contribution in [-0.2, 0) is 6.42 Å². The smallest absolute Gasteiger partial charge is 0.0159 e. The van der Waals surface area contributed by atoms with Gasteiger partial charge < -0.3 is 0 Å². The molecule has 0 heteroatoms. The lowest BCUT2D eigenvalue weighted by molar-refractivity contribution is 0.399. The number of rotatable bonds is 3. The van der Waals surface area contributed by atoms with Crippen LogP contribution in [-0.4, -0.2) is 0 Å². The lowest BCUT2D eigenvalue weighted by Crippen LogP contribution is -2.22. The number of hydrogen-bond acceptors (Lipinski definition) is 0. The Morgan fingerprint density at radius 2 is 1.95 bits per heavy atom. The van der Waals surface area contributed by atoms with Crippen molar-refractivity contribution in [2.75, 3.05) is 0 Å². The Hall–Kier alpha value is -1.04. The Labute approximate surface area is 117 Å². The van der Waals surface area contributed by atoms with Gasteiger partial charge in [-0.15, -0.1) is 0 Å². The number of benzene rings is 1. The molecule has 1 aromatic carbocycles. The SMILES string of the molecule is CCCC1CCC2=C(C1)C(CC)Cc1ccccc12. The van der Waals surface area contributed by atoms with Crippen LogP contribution in [0.4, 0.5) is 0 Å². The van der Waals surface area contributed by atoms with E-state index < -0.39 is 0 Å². The van der Waals surface area contributed by atoms with Crippen molar-refractivity contribution in [1.82, 2.24) is 0 Å². The molecule has 2 unspecified atom stereocenters. The maximum absolute atomic E-state index is 2.37. The third-order valence-corrected chi connectivity index (χ3v) is 5.19. The average molecular weight is 254 g/mol. The maximum atomic E-state index is 2.37. The highest BCUT2D eigenvalue weighted by atomic mass is 14.3. The molecule has 3 rings (SSSR count). The highest BCUT2D eigenvalue weighted by Crippen LogP contribution is 2.46. The van der Waals surface area contributed by atoms with Gasteiger partial charge in [-0.2, -0.15) is 0 Å². The van der Waals surface area contributed by atoms with E-state index >= 15 is 0 Å².